The van der Waals surface area contributed by atoms with Crippen LogP contribution in [-0.4, -0.2) is 58.8 Å². The number of hydrogen-bond acceptors (Lipinski definition) is 4. The molecule has 0 aromatic rings. The number of nitrogens with zero attached hydrogens (tertiary/aromatic N) is 1. The standard InChI is InChI=1S/C10H18N2O4/c1-2-3-11-5-9(14)12-6-7(13)4-8(12)10(15)16/h7-8,11,13H,2-6H2,1H3,(H,15,16)/t7-,8-/m0/s1. The van der Waals surface area contributed by atoms with Gasteiger partial charge >= 0.3 is 5.97 Å². The third-order valence-electron chi connectivity index (χ3n) is 2.59. The van der Waals surface area contributed by atoms with E-state index in [1.807, 2.05) is 6.92 Å². The number of carboxylic acids is 1. The highest BCUT2D eigenvalue weighted by molar-refractivity contribution is 5.85. The minimum atomic E-state index is -1.06. The van der Waals surface area contributed by atoms with Crippen LogP contribution >= 0.6 is 0 Å². The maximum absolute atomic E-state index is 11.7. The molecule has 0 aliphatic carbocycles. The molecule has 1 rings (SSSR count). The van der Waals surface area contributed by atoms with E-state index in [0.29, 0.717) is 0 Å². The average Bonchev–Trinajstić information content (AvgIpc) is 2.61. The van der Waals surface area contributed by atoms with E-state index in [4.69, 9.17) is 5.11 Å². The first-order valence-electron chi connectivity index (χ1n) is 5.47. The van der Waals surface area contributed by atoms with Crippen molar-refractivity contribution < 1.29 is 19.8 Å². The molecule has 1 aliphatic heterocycles. The van der Waals surface area contributed by atoms with Gasteiger partial charge in [0.15, 0.2) is 0 Å². The van der Waals surface area contributed by atoms with Gasteiger partial charge in [-0.25, -0.2) is 4.79 Å². The molecule has 1 fully saturated rings. The summed E-state index contributed by atoms with van der Waals surface area (Å²) in [6.07, 6.45) is 0.309. The smallest absolute Gasteiger partial charge is 0.326 e. The quantitative estimate of drug-likeness (QED) is 0.529. The zero-order valence-corrected chi connectivity index (χ0v) is 9.35. The van der Waals surface area contributed by atoms with E-state index in [9.17, 15) is 14.7 Å². The van der Waals surface area contributed by atoms with Gasteiger partial charge in [0.25, 0.3) is 0 Å². The summed E-state index contributed by atoms with van der Waals surface area (Å²) in [4.78, 5) is 23.8. The molecule has 1 heterocycles. The van der Waals surface area contributed by atoms with Crippen LogP contribution in [0.5, 0.6) is 0 Å². The highest BCUT2D eigenvalue weighted by atomic mass is 16.4. The number of carboxylic acid groups (broad SMARTS) is 1. The molecule has 92 valence electrons. The molecule has 0 saturated carbocycles. The first-order valence-corrected chi connectivity index (χ1v) is 5.47. The lowest BCUT2D eigenvalue weighted by Gasteiger charge is -2.21. The van der Waals surface area contributed by atoms with Crippen molar-refractivity contribution in [1.29, 1.82) is 0 Å². The number of carbonyl (C=O) groups excluding carboxylic acids is 1. The lowest BCUT2D eigenvalue weighted by atomic mass is 10.2. The van der Waals surface area contributed by atoms with Crippen molar-refractivity contribution in [2.75, 3.05) is 19.6 Å². The maximum Gasteiger partial charge on any atom is 0.326 e. The minimum absolute atomic E-state index is 0.115. The van der Waals surface area contributed by atoms with Crippen molar-refractivity contribution in [2.45, 2.75) is 31.9 Å². The summed E-state index contributed by atoms with van der Waals surface area (Å²) in [5.41, 5.74) is 0. The zero-order valence-electron chi connectivity index (χ0n) is 9.35. The molecule has 3 N–H and O–H groups in total. The van der Waals surface area contributed by atoms with E-state index in [-0.39, 0.29) is 25.4 Å². The first-order chi connectivity index (χ1) is 7.56. The normalized spacial score (nSPS) is 24.8. The fourth-order valence-corrected chi connectivity index (χ4v) is 1.80. The number of amides is 1. The Balaban J connectivity index is 2.50. The van der Waals surface area contributed by atoms with Crippen molar-refractivity contribution in [3.63, 3.8) is 0 Å². The number of β-amino-alcohol motifs (C(OH)–C–C–N with tert-alkyl or cyclic N) is 1. The molecular weight excluding hydrogens is 212 g/mol. The van der Waals surface area contributed by atoms with Crippen LogP contribution in [0.3, 0.4) is 0 Å². The molecule has 0 unspecified atom stereocenters. The van der Waals surface area contributed by atoms with Crippen LogP contribution in [0.1, 0.15) is 19.8 Å². The molecule has 0 spiro atoms. The van der Waals surface area contributed by atoms with Crippen LogP contribution in [-0.2, 0) is 9.59 Å². The lowest BCUT2D eigenvalue weighted by Crippen LogP contribution is -2.44. The molecule has 1 amide bonds. The predicted molar refractivity (Wildman–Crippen MR) is 56.9 cm³/mol. The largest absolute Gasteiger partial charge is 0.480 e. The Morgan fingerprint density at radius 3 is 2.75 bits per heavy atom. The summed E-state index contributed by atoms with van der Waals surface area (Å²) in [7, 11) is 0. The van der Waals surface area contributed by atoms with Gasteiger partial charge in [-0.2, -0.15) is 0 Å². The van der Waals surface area contributed by atoms with Gasteiger partial charge in [-0.05, 0) is 13.0 Å². The molecule has 16 heavy (non-hydrogen) atoms. The number of aliphatic carboxylic acids is 1. The van der Waals surface area contributed by atoms with E-state index in [1.54, 1.807) is 0 Å². The summed E-state index contributed by atoms with van der Waals surface area (Å²) in [6.45, 7) is 2.95. The van der Waals surface area contributed by atoms with Crippen molar-refractivity contribution in [2.24, 2.45) is 0 Å². The third kappa shape index (κ3) is 3.18. The third-order valence-corrected chi connectivity index (χ3v) is 2.59. The van der Waals surface area contributed by atoms with Crippen molar-refractivity contribution in [3.05, 3.63) is 0 Å². The molecule has 1 saturated heterocycles. The predicted octanol–water partition coefficient (Wildman–Crippen LogP) is -0.968. The van der Waals surface area contributed by atoms with E-state index in [0.717, 1.165) is 13.0 Å². The number of nitrogens with one attached hydrogen (secondary N) is 1. The molecule has 6 heteroatoms. The number of aliphatic hydroxyl groups excluding tert-OH is 1. The summed E-state index contributed by atoms with van der Waals surface area (Å²) in [5.74, 6) is -1.32. The number of hydrogen-bond donors (Lipinski definition) is 3. The van der Waals surface area contributed by atoms with Crippen molar-refractivity contribution in [3.8, 4) is 0 Å². The Morgan fingerprint density at radius 1 is 1.50 bits per heavy atom. The number of rotatable bonds is 5. The Bertz CT molecular complexity index is 270. The first kappa shape index (κ1) is 12.9. The second-order valence-corrected chi connectivity index (χ2v) is 3.97. The average molecular weight is 230 g/mol. The van der Waals surface area contributed by atoms with Gasteiger partial charge in [-0.3, -0.25) is 4.79 Å². The lowest BCUT2D eigenvalue weighted by molar-refractivity contribution is -0.147. The topological polar surface area (TPSA) is 89.9 Å². The number of likely N-dealkylation sites (tertiary alicyclic amines) is 1. The monoisotopic (exact) mass is 230 g/mol. The number of carbonyl (C=O) groups is 2. The van der Waals surface area contributed by atoms with Gasteiger partial charge in [0, 0.05) is 13.0 Å². The molecular formula is C10H18N2O4. The molecule has 0 radical (unpaired) electrons. The fourth-order valence-electron chi connectivity index (χ4n) is 1.80. The molecule has 0 aromatic carbocycles. The fraction of sp³-hybridized carbons (Fsp3) is 0.800. The highest BCUT2D eigenvalue weighted by Gasteiger charge is 2.38. The Kier molecular flexibility index (Phi) is 4.70. The maximum atomic E-state index is 11.7. The Hall–Kier alpha value is -1.14. The Labute approximate surface area is 94.2 Å². The second kappa shape index (κ2) is 5.81. The van der Waals surface area contributed by atoms with Crippen LogP contribution in [0.2, 0.25) is 0 Å². The summed E-state index contributed by atoms with van der Waals surface area (Å²) < 4.78 is 0. The highest BCUT2D eigenvalue weighted by Crippen LogP contribution is 2.17. The van der Waals surface area contributed by atoms with Gasteiger partial charge in [-0.1, -0.05) is 6.92 Å². The zero-order chi connectivity index (χ0) is 12.1. The Morgan fingerprint density at radius 2 is 2.19 bits per heavy atom. The summed E-state index contributed by atoms with van der Waals surface area (Å²) in [6, 6.07) is -0.883. The van der Waals surface area contributed by atoms with Crippen molar-refractivity contribution in [1.82, 2.24) is 10.2 Å². The van der Waals surface area contributed by atoms with Crippen LogP contribution in [0.4, 0.5) is 0 Å². The van der Waals surface area contributed by atoms with Crippen molar-refractivity contribution >= 4 is 11.9 Å². The SMILES string of the molecule is CCCNCC(=O)N1C[C@@H](O)C[C@H]1C(=O)O. The van der Waals surface area contributed by atoms with Gasteiger partial charge in [0.05, 0.1) is 12.6 Å². The minimum Gasteiger partial charge on any atom is -0.480 e. The molecule has 2 atom stereocenters. The van der Waals surface area contributed by atoms with Crippen LogP contribution < -0.4 is 5.32 Å². The number of aliphatic hydroxyl groups is 1. The van der Waals surface area contributed by atoms with Crippen LogP contribution in [0.15, 0.2) is 0 Å². The molecule has 0 bridgehead atoms. The van der Waals surface area contributed by atoms with Gasteiger partial charge < -0.3 is 20.4 Å². The molecule has 0 aromatic heterocycles. The van der Waals surface area contributed by atoms with E-state index < -0.39 is 18.1 Å². The van der Waals surface area contributed by atoms with E-state index in [2.05, 4.69) is 5.32 Å². The van der Waals surface area contributed by atoms with E-state index >= 15 is 0 Å². The second-order valence-electron chi connectivity index (χ2n) is 3.97. The van der Waals surface area contributed by atoms with E-state index in [1.165, 1.54) is 4.90 Å². The summed E-state index contributed by atoms with van der Waals surface area (Å²) in [5, 5.41) is 21.2. The summed E-state index contributed by atoms with van der Waals surface area (Å²) >= 11 is 0. The van der Waals surface area contributed by atoms with Crippen LogP contribution in [0, 0.1) is 0 Å². The van der Waals surface area contributed by atoms with Gasteiger partial charge in [-0.15, -0.1) is 0 Å². The van der Waals surface area contributed by atoms with Crippen LogP contribution in [0.25, 0.3) is 0 Å². The van der Waals surface area contributed by atoms with Gasteiger partial charge in [0.2, 0.25) is 5.91 Å². The molecule has 1 aliphatic rings. The van der Waals surface area contributed by atoms with Gasteiger partial charge in [0.1, 0.15) is 6.04 Å². The molecule has 6 nitrogen and oxygen atoms in total.